The molecule has 0 aromatic carbocycles. The average Bonchev–Trinajstić information content (AvgIpc) is 3.42. The van der Waals surface area contributed by atoms with E-state index in [4.69, 9.17) is 34.0 Å². The summed E-state index contributed by atoms with van der Waals surface area (Å²) in [4.78, 5) is 50.3. The highest BCUT2D eigenvalue weighted by Crippen LogP contribution is 2.36. The summed E-state index contributed by atoms with van der Waals surface area (Å²) in [7, 11) is 0. The number of aliphatic imine (C=N–C) groups is 1. The summed E-state index contributed by atoms with van der Waals surface area (Å²) in [6, 6.07) is -4.62. The molecule has 348 valence electrons. The van der Waals surface area contributed by atoms with Gasteiger partial charge in [-0.05, 0) is 77.9 Å². The fourth-order valence-electron chi connectivity index (χ4n) is 6.41. The molecule has 0 bridgehead atoms. The Hall–Kier alpha value is -4.83. The SMILES string of the molecule is C[C@@H](O)C1O[C@H](O[C@@H]2C(N=[N+]=[N-])C[C@@H](NC(=O)[C@@H](O)CCN=[N+]=[N-])[C@@H](O)C2O[C@@H]2O[C@H](CN=C(NC(=O)OC(C)(C)C)NC(=O)OC(C)(C)C)C(O)[C@@H]2O)C(N=[N+]=[N-])[C@@H](O)[C@@H]1O. The quantitative estimate of drug-likeness (QED) is 0.0332. The van der Waals surface area contributed by atoms with Gasteiger partial charge in [-0.1, -0.05) is 15.3 Å². The van der Waals surface area contributed by atoms with Crippen molar-refractivity contribution >= 4 is 24.1 Å². The molecule has 16 atom stereocenters. The number of alkyl carbamates (subject to hydrolysis) is 2. The lowest BCUT2D eigenvalue weighted by Gasteiger charge is -2.48. The molecule has 2 aliphatic heterocycles. The van der Waals surface area contributed by atoms with Crippen molar-refractivity contribution in [1.82, 2.24) is 16.0 Å². The lowest BCUT2D eigenvalue weighted by atomic mass is 9.83. The predicted octanol–water partition coefficient (Wildman–Crippen LogP) is -0.895. The van der Waals surface area contributed by atoms with Gasteiger partial charge in [0.2, 0.25) is 11.9 Å². The first kappa shape index (κ1) is 51.5. The molecule has 62 heavy (non-hydrogen) atoms. The van der Waals surface area contributed by atoms with Crippen molar-refractivity contribution in [2.24, 2.45) is 20.3 Å². The molecule has 2 heterocycles. The van der Waals surface area contributed by atoms with Crippen LogP contribution in [-0.2, 0) is 33.2 Å². The van der Waals surface area contributed by atoms with Gasteiger partial charge in [-0.25, -0.2) is 14.6 Å². The molecule has 29 nitrogen and oxygen atoms in total. The van der Waals surface area contributed by atoms with Gasteiger partial charge in [0.05, 0.1) is 36.9 Å². The van der Waals surface area contributed by atoms with E-state index in [-0.39, 0.29) is 13.0 Å². The molecular formula is C33H55N13O16. The van der Waals surface area contributed by atoms with Crippen molar-refractivity contribution in [3.05, 3.63) is 31.3 Å². The van der Waals surface area contributed by atoms with Crippen LogP contribution in [-0.4, -0.2) is 182 Å². The maximum atomic E-state index is 13.0. The maximum Gasteiger partial charge on any atom is 0.414 e. The lowest BCUT2D eigenvalue weighted by molar-refractivity contribution is -0.315. The number of aliphatic hydroxyl groups is 7. The summed E-state index contributed by atoms with van der Waals surface area (Å²) < 4.78 is 34.0. The first-order valence-electron chi connectivity index (χ1n) is 19.2. The first-order chi connectivity index (χ1) is 28.9. The number of nitrogens with zero attached hydrogens (tertiary/aromatic N) is 10. The molecule has 2 saturated heterocycles. The minimum absolute atomic E-state index is 0.275. The van der Waals surface area contributed by atoms with E-state index >= 15 is 0 Å². The average molecular weight is 890 g/mol. The number of aliphatic hydroxyl groups excluding tert-OH is 7. The van der Waals surface area contributed by atoms with Crippen LogP contribution in [0.2, 0.25) is 0 Å². The smallest absolute Gasteiger partial charge is 0.414 e. The molecule has 0 spiro atoms. The van der Waals surface area contributed by atoms with E-state index in [1.54, 1.807) is 41.5 Å². The van der Waals surface area contributed by atoms with Crippen molar-refractivity contribution in [2.45, 2.75) is 170 Å². The highest BCUT2D eigenvalue weighted by Gasteiger charge is 2.54. The summed E-state index contributed by atoms with van der Waals surface area (Å²) in [6.07, 6.45) is -25.8. The van der Waals surface area contributed by atoms with E-state index < -0.39 is 146 Å². The van der Waals surface area contributed by atoms with E-state index in [0.29, 0.717) is 0 Å². The largest absolute Gasteiger partial charge is 0.444 e. The Labute approximate surface area is 353 Å². The Kier molecular flexibility index (Phi) is 18.7. The second-order valence-corrected chi connectivity index (χ2v) is 16.4. The molecule has 3 aliphatic rings. The van der Waals surface area contributed by atoms with Crippen molar-refractivity contribution < 1.29 is 78.6 Å². The zero-order valence-electron chi connectivity index (χ0n) is 34.8. The van der Waals surface area contributed by atoms with Crippen LogP contribution < -0.4 is 16.0 Å². The third-order valence-electron chi connectivity index (χ3n) is 9.18. The minimum atomic E-state index is -1.95. The lowest BCUT2D eigenvalue weighted by Crippen LogP contribution is -2.66. The minimum Gasteiger partial charge on any atom is -0.444 e. The van der Waals surface area contributed by atoms with Crippen molar-refractivity contribution in [3.63, 3.8) is 0 Å². The zero-order chi connectivity index (χ0) is 46.7. The van der Waals surface area contributed by atoms with Gasteiger partial charge in [0.1, 0.15) is 66.1 Å². The van der Waals surface area contributed by atoms with Crippen LogP contribution in [0.4, 0.5) is 9.59 Å². The third kappa shape index (κ3) is 14.6. The Morgan fingerprint density at radius 1 is 0.774 bits per heavy atom. The van der Waals surface area contributed by atoms with Gasteiger partial charge in [-0.2, -0.15) is 0 Å². The fourth-order valence-corrected chi connectivity index (χ4v) is 6.41. The number of carbonyl (C=O) groups excluding carboxylic acids is 3. The number of azide groups is 3. The number of hydrogen-bond donors (Lipinski definition) is 10. The Morgan fingerprint density at radius 2 is 1.35 bits per heavy atom. The molecule has 3 rings (SSSR count). The van der Waals surface area contributed by atoms with Gasteiger partial charge in [0.15, 0.2) is 12.6 Å². The number of carbonyl (C=O) groups is 3. The number of ether oxygens (including phenoxy) is 6. The van der Waals surface area contributed by atoms with Gasteiger partial charge in [-0.15, -0.1) is 0 Å². The maximum absolute atomic E-state index is 13.0. The summed E-state index contributed by atoms with van der Waals surface area (Å²) in [5.41, 5.74) is 25.4. The van der Waals surface area contributed by atoms with Crippen LogP contribution in [0.5, 0.6) is 0 Å². The number of rotatable bonds is 14. The van der Waals surface area contributed by atoms with Gasteiger partial charge in [0.25, 0.3) is 0 Å². The van der Waals surface area contributed by atoms with E-state index in [1.165, 1.54) is 6.92 Å². The Balaban J connectivity index is 2.00. The van der Waals surface area contributed by atoms with E-state index in [1.807, 2.05) is 0 Å². The number of nitrogens with one attached hydrogen (secondary N) is 3. The van der Waals surface area contributed by atoms with Crippen LogP contribution in [0.1, 0.15) is 61.3 Å². The molecule has 0 aromatic heterocycles. The zero-order valence-corrected chi connectivity index (χ0v) is 34.8. The number of amides is 3. The van der Waals surface area contributed by atoms with E-state index in [0.717, 1.165) is 0 Å². The normalized spacial score (nSPS) is 33.2. The van der Waals surface area contributed by atoms with Gasteiger partial charge in [-0.3, -0.25) is 15.4 Å². The third-order valence-corrected chi connectivity index (χ3v) is 9.18. The van der Waals surface area contributed by atoms with Crippen molar-refractivity contribution in [2.75, 3.05) is 13.1 Å². The van der Waals surface area contributed by atoms with Crippen molar-refractivity contribution in [1.29, 1.82) is 0 Å². The first-order valence-corrected chi connectivity index (χ1v) is 19.2. The van der Waals surface area contributed by atoms with Gasteiger partial charge >= 0.3 is 12.2 Å². The summed E-state index contributed by atoms with van der Waals surface area (Å²) in [5.74, 6) is -1.57. The van der Waals surface area contributed by atoms with Gasteiger partial charge in [0, 0.05) is 21.3 Å². The Bertz CT molecular complexity index is 1700. The number of guanidine groups is 1. The van der Waals surface area contributed by atoms with E-state index in [2.05, 4.69) is 51.0 Å². The van der Waals surface area contributed by atoms with Crippen LogP contribution in [0.3, 0.4) is 0 Å². The molecule has 3 amide bonds. The molecule has 1 saturated carbocycles. The van der Waals surface area contributed by atoms with E-state index in [9.17, 15) is 61.2 Å². The molecule has 29 heteroatoms. The molecule has 1 aliphatic carbocycles. The Morgan fingerprint density at radius 3 is 1.89 bits per heavy atom. The molecule has 0 radical (unpaired) electrons. The summed E-state index contributed by atoms with van der Waals surface area (Å²) in [6.45, 7) is 9.83. The van der Waals surface area contributed by atoms with Crippen LogP contribution in [0, 0.1) is 0 Å². The van der Waals surface area contributed by atoms with Crippen molar-refractivity contribution in [3.8, 4) is 0 Å². The highest BCUT2D eigenvalue weighted by molar-refractivity contribution is 6.01. The molecular weight excluding hydrogens is 834 g/mol. The standard InChI is InChI=1S/C33H55N13O16/c1-12(47)23-21(52)20(51)17(43-46-36)27(58-23)59-24-14(42-45-35)10-13(39-26(54)15(48)8-9-38-44-34)18(49)25(24)60-28-22(53)19(50)16(57-28)11-37-29(40-30(55)61-32(2,3)4)41-31(56)62-33(5,6)7/h12-25,27-28,47-53H,8-11H2,1-7H3,(H,39,54)(H2,37,40,41,55,56)/t12-,13-,14?,15+,16-,17?,18-,19?,20-,21+,22+,23?,24-,25?,27-,28+/m1/s1. The van der Waals surface area contributed by atoms with Crippen LogP contribution in [0.15, 0.2) is 20.3 Å². The molecule has 10 N–H and O–H groups in total. The van der Waals surface area contributed by atoms with Gasteiger partial charge < -0.3 is 69.5 Å². The second kappa shape index (κ2) is 22.5. The molecule has 0 aromatic rings. The number of hydrogen-bond acceptors (Lipinski definition) is 20. The summed E-state index contributed by atoms with van der Waals surface area (Å²) >= 11 is 0. The molecule has 5 unspecified atom stereocenters. The monoisotopic (exact) mass is 889 g/mol. The predicted molar refractivity (Wildman–Crippen MR) is 207 cm³/mol. The fraction of sp³-hybridized carbons (Fsp3) is 0.879. The van der Waals surface area contributed by atoms with Crippen LogP contribution >= 0.6 is 0 Å². The van der Waals surface area contributed by atoms with Crippen LogP contribution in [0.25, 0.3) is 31.3 Å². The second-order valence-electron chi connectivity index (χ2n) is 16.4. The summed E-state index contributed by atoms with van der Waals surface area (Å²) in [5, 5.41) is 93.4. The highest BCUT2D eigenvalue weighted by atomic mass is 16.7. The molecule has 3 fully saturated rings. The topological polar surface area (TPSA) is 443 Å².